The lowest BCUT2D eigenvalue weighted by Crippen LogP contribution is -2.14. The van der Waals surface area contributed by atoms with Crippen molar-refractivity contribution in [2.75, 3.05) is 12.4 Å². The number of amides is 1. The molecule has 3 aromatic carbocycles. The Morgan fingerprint density at radius 3 is 2.59 bits per heavy atom. The molecule has 0 aliphatic rings. The van der Waals surface area contributed by atoms with Gasteiger partial charge in [0.1, 0.15) is 11.3 Å². The number of para-hydroxylation sites is 2. The second-order valence-corrected chi connectivity index (χ2v) is 7.35. The summed E-state index contributed by atoms with van der Waals surface area (Å²) in [5, 5.41) is 3.66. The number of fused-ring (bicyclic) bond motifs is 1. The van der Waals surface area contributed by atoms with Crippen LogP contribution < -0.4 is 10.1 Å². The van der Waals surface area contributed by atoms with Crippen LogP contribution in [0.3, 0.4) is 0 Å². The SMILES string of the molecule is COc1c(Cl)cc(Cl)cc1C(=O)Nc1cc(-c2nc3ccccc3o2)ccc1Cl. The molecule has 4 rings (SSSR count). The number of aromatic nitrogens is 1. The molecular weight excluding hydrogens is 435 g/mol. The predicted octanol–water partition coefficient (Wildman–Crippen LogP) is 6.72. The molecule has 5 nitrogen and oxygen atoms in total. The van der Waals surface area contributed by atoms with Gasteiger partial charge < -0.3 is 14.5 Å². The highest BCUT2D eigenvalue weighted by Gasteiger charge is 2.19. The molecule has 0 saturated heterocycles. The number of anilines is 1. The molecule has 29 heavy (non-hydrogen) atoms. The molecule has 0 fully saturated rings. The fourth-order valence-corrected chi connectivity index (χ4v) is 3.61. The van der Waals surface area contributed by atoms with E-state index >= 15 is 0 Å². The van der Waals surface area contributed by atoms with E-state index in [1.54, 1.807) is 18.2 Å². The van der Waals surface area contributed by atoms with Crippen LogP contribution in [0.5, 0.6) is 5.75 Å². The van der Waals surface area contributed by atoms with Crippen LogP contribution in [0, 0.1) is 0 Å². The number of nitrogens with one attached hydrogen (secondary N) is 1. The number of ether oxygens (including phenoxy) is 1. The van der Waals surface area contributed by atoms with Gasteiger partial charge in [0.15, 0.2) is 5.58 Å². The average Bonchev–Trinajstić information content (AvgIpc) is 3.13. The summed E-state index contributed by atoms with van der Waals surface area (Å²) in [4.78, 5) is 17.3. The van der Waals surface area contributed by atoms with Crippen molar-refractivity contribution in [1.29, 1.82) is 0 Å². The van der Waals surface area contributed by atoms with Crippen LogP contribution in [-0.2, 0) is 0 Å². The van der Waals surface area contributed by atoms with E-state index in [4.69, 9.17) is 44.0 Å². The second kappa shape index (κ2) is 7.95. The molecule has 0 unspecified atom stereocenters. The number of benzene rings is 3. The van der Waals surface area contributed by atoms with E-state index in [9.17, 15) is 4.79 Å². The molecule has 146 valence electrons. The van der Waals surface area contributed by atoms with Crippen molar-refractivity contribution in [2.24, 2.45) is 0 Å². The molecule has 0 radical (unpaired) electrons. The highest BCUT2D eigenvalue weighted by atomic mass is 35.5. The van der Waals surface area contributed by atoms with Gasteiger partial charge in [0.05, 0.1) is 28.4 Å². The minimum absolute atomic E-state index is 0.188. The largest absolute Gasteiger partial charge is 0.494 e. The van der Waals surface area contributed by atoms with Crippen molar-refractivity contribution in [3.8, 4) is 17.2 Å². The van der Waals surface area contributed by atoms with Gasteiger partial charge in [-0.05, 0) is 42.5 Å². The van der Waals surface area contributed by atoms with Crippen molar-refractivity contribution < 1.29 is 13.9 Å². The Balaban J connectivity index is 1.69. The predicted molar refractivity (Wildman–Crippen MR) is 115 cm³/mol. The molecule has 1 aromatic heterocycles. The van der Waals surface area contributed by atoms with Crippen LogP contribution in [0.15, 0.2) is 59.0 Å². The fourth-order valence-electron chi connectivity index (χ4n) is 2.88. The molecule has 1 heterocycles. The fraction of sp³-hybridized carbons (Fsp3) is 0.0476. The maximum absolute atomic E-state index is 12.8. The highest BCUT2D eigenvalue weighted by Crippen LogP contribution is 2.34. The minimum atomic E-state index is -0.470. The number of halogens is 3. The van der Waals surface area contributed by atoms with Gasteiger partial charge in [-0.1, -0.05) is 46.9 Å². The molecule has 8 heteroatoms. The number of hydrogen-bond acceptors (Lipinski definition) is 4. The van der Waals surface area contributed by atoms with Gasteiger partial charge in [0.2, 0.25) is 5.89 Å². The van der Waals surface area contributed by atoms with Gasteiger partial charge in [-0.25, -0.2) is 4.98 Å². The quantitative estimate of drug-likeness (QED) is 0.377. The minimum Gasteiger partial charge on any atom is -0.494 e. The van der Waals surface area contributed by atoms with E-state index in [1.807, 2.05) is 24.3 Å². The van der Waals surface area contributed by atoms with Crippen molar-refractivity contribution in [3.05, 3.63) is 75.2 Å². The number of nitrogens with zero attached hydrogens (tertiary/aromatic N) is 1. The van der Waals surface area contributed by atoms with Crippen LogP contribution in [0.25, 0.3) is 22.6 Å². The number of methoxy groups -OCH3 is 1. The number of rotatable bonds is 4. The van der Waals surface area contributed by atoms with Gasteiger partial charge in [-0.15, -0.1) is 0 Å². The first-order chi connectivity index (χ1) is 14.0. The van der Waals surface area contributed by atoms with Crippen LogP contribution >= 0.6 is 34.8 Å². The van der Waals surface area contributed by atoms with Crippen LogP contribution in [0.4, 0.5) is 5.69 Å². The Hall–Kier alpha value is -2.73. The molecule has 0 bridgehead atoms. The van der Waals surface area contributed by atoms with Gasteiger partial charge in [-0.2, -0.15) is 0 Å². The van der Waals surface area contributed by atoms with Crippen LogP contribution in [-0.4, -0.2) is 18.0 Å². The topological polar surface area (TPSA) is 64.4 Å². The van der Waals surface area contributed by atoms with Crippen LogP contribution in [0.2, 0.25) is 15.1 Å². The van der Waals surface area contributed by atoms with Crippen molar-refractivity contribution in [1.82, 2.24) is 4.98 Å². The van der Waals surface area contributed by atoms with Crippen LogP contribution in [0.1, 0.15) is 10.4 Å². The van der Waals surface area contributed by atoms with Gasteiger partial charge >= 0.3 is 0 Å². The maximum atomic E-state index is 12.8. The maximum Gasteiger partial charge on any atom is 0.259 e. The third kappa shape index (κ3) is 3.90. The standard InChI is InChI=1S/C21H13Cl3N2O3/c1-28-19-13(9-12(22)10-15(19)24)20(27)25-17-8-11(6-7-14(17)23)21-26-16-4-2-3-5-18(16)29-21/h2-10H,1H3,(H,25,27). The molecule has 1 amide bonds. The summed E-state index contributed by atoms with van der Waals surface area (Å²) in [6.07, 6.45) is 0. The zero-order valence-electron chi connectivity index (χ0n) is 15.0. The van der Waals surface area contributed by atoms with E-state index in [0.717, 1.165) is 5.52 Å². The number of hydrogen-bond donors (Lipinski definition) is 1. The molecule has 0 atom stereocenters. The van der Waals surface area contributed by atoms with Crippen molar-refractivity contribution in [2.45, 2.75) is 0 Å². The summed E-state index contributed by atoms with van der Waals surface area (Å²) in [5.41, 5.74) is 2.64. The summed E-state index contributed by atoms with van der Waals surface area (Å²) in [7, 11) is 1.42. The summed E-state index contributed by atoms with van der Waals surface area (Å²) < 4.78 is 11.0. The molecule has 1 N–H and O–H groups in total. The van der Waals surface area contributed by atoms with E-state index in [1.165, 1.54) is 19.2 Å². The Bertz CT molecular complexity index is 1200. The zero-order valence-corrected chi connectivity index (χ0v) is 17.3. The normalized spacial score (nSPS) is 10.9. The van der Waals surface area contributed by atoms with Gasteiger partial charge in [0.25, 0.3) is 5.91 Å². The van der Waals surface area contributed by atoms with E-state index in [0.29, 0.717) is 32.8 Å². The van der Waals surface area contributed by atoms with E-state index in [-0.39, 0.29) is 16.3 Å². The van der Waals surface area contributed by atoms with E-state index in [2.05, 4.69) is 10.3 Å². The first-order valence-corrected chi connectivity index (χ1v) is 9.59. The zero-order chi connectivity index (χ0) is 20.5. The summed E-state index contributed by atoms with van der Waals surface area (Å²) in [6, 6.07) is 15.5. The molecule has 0 aliphatic carbocycles. The third-order valence-corrected chi connectivity index (χ3v) is 5.04. The van der Waals surface area contributed by atoms with Gasteiger partial charge in [0, 0.05) is 10.6 Å². The van der Waals surface area contributed by atoms with E-state index < -0.39 is 5.91 Å². The lowest BCUT2D eigenvalue weighted by atomic mass is 10.1. The molecule has 0 spiro atoms. The molecule has 0 saturated carbocycles. The summed E-state index contributed by atoms with van der Waals surface area (Å²) in [5.74, 6) is 0.171. The van der Waals surface area contributed by atoms with Crippen molar-refractivity contribution >= 4 is 57.5 Å². The molecule has 0 aliphatic heterocycles. The van der Waals surface area contributed by atoms with Crippen molar-refractivity contribution in [3.63, 3.8) is 0 Å². The first kappa shape index (κ1) is 19.6. The lowest BCUT2D eigenvalue weighted by Gasteiger charge is -2.12. The number of oxazole rings is 1. The Kier molecular flexibility index (Phi) is 5.37. The first-order valence-electron chi connectivity index (χ1n) is 8.46. The Labute approximate surface area is 181 Å². The second-order valence-electron chi connectivity index (χ2n) is 6.10. The highest BCUT2D eigenvalue weighted by molar-refractivity contribution is 6.37. The summed E-state index contributed by atoms with van der Waals surface area (Å²) in [6.45, 7) is 0. The van der Waals surface area contributed by atoms with Gasteiger partial charge in [-0.3, -0.25) is 4.79 Å². The Morgan fingerprint density at radius 2 is 1.83 bits per heavy atom. The number of carbonyl (C=O) groups is 1. The number of carbonyl (C=O) groups excluding carboxylic acids is 1. The Morgan fingerprint density at radius 1 is 1.03 bits per heavy atom. The smallest absolute Gasteiger partial charge is 0.259 e. The molecular formula is C21H13Cl3N2O3. The lowest BCUT2D eigenvalue weighted by molar-refractivity contribution is 0.102. The monoisotopic (exact) mass is 446 g/mol. The molecule has 4 aromatic rings. The average molecular weight is 448 g/mol. The summed E-state index contributed by atoms with van der Waals surface area (Å²) >= 11 is 18.4. The third-order valence-electron chi connectivity index (χ3n) is 4.21.